The smallest absolute Gasteiger partial charge is 0.179 e. The summed E-state index contributed by atoms with van der Waals surface area (Å²) in [6.45, 7) is 13.8. The van der Waals surface area contributed by atoms with Gasteiger partial charge in [-0.05, 0) is 85.0 Å². The molecule has 2 aliphatic rings. The Morgan fingerprint density at radius 2 is 0.897 bits per heavy atom. The third-order valence-corrected chi connectivity index (χ3v) is 11.3. The van der Waals surface area contributed by atoms with Gasteiger partial charge in [0.15, 0.2) is 19.7 Å². The number of piperidine rings is 2. The minimum absolute atomic E-state index is 0.0956. The Morgan fingerprint density at radius 1 is 0.590 bits per heavy atom. The van der Waals surface area contributed by atoms with Crippen molar-refractivity contribution >= 4 is 19.7 Å². The second-order valence-electron chi connectivity index (χ2n) is 12.1. The van der Waals surface area contributed by atoms with Crippen molar-refractivity contribution < 1.29 is 21.6 Å². The summed E-state index contributed by atoms with van der Waals surface area (Å²) in [7, 11) is -6.79. The predicted octanol–water partition coefficient (Wildman–Crippen LogP) is 4.98. The topological polar surface area (TPSA) is 84.0 Å². The molecular formula is C30H44N2O5S2. The maximum Gasteiger partial charge on any atom is 0.179 e. The molecule has 0 aliphatic carbocycles. The summed E-state index contributed by atoms with van der Waals surface area (Å²) >= 11 is 0. The molecule has 0 amide bonds. The van der Waals surface area contributed by atoms with Gasteiger partial charge in [0.2, 0.25) is 0 Å². The third-order valence-electron chi connectivity index (χ3n) is 7.84. The van der Waals surface area contributed by atoms with Gasteiger partial charge in [0.05, 0.1) is 21.3 Å². The summed E-state index contributed by atoms with van der Waals surface area (Å²) < 4.78 is 57.5. The normalized spacial score (nSPS) is 25.4. The van der Waals surface area contributed by atoms with Crippen LogP contribution in [0.15, 0.2) is 58.3 Å². The number of sulfone groups is 2. The molecule has 7 nitrogen and oxygen atoms in total. The number of ether oxygens (including phenoxy) is 1. The van der Waals surface area contributed by atoms with E-state index in [4.69, 9.17) is 4.74 Å². The second-order valence-corrected chi connectivity index (χ2v) is 16.3. The molecule has 9 heteroatoms. The zero-order valence-electron chi connectivity index (χ0n) is 23.8. The number of nitrogens with zero attached hydrogens (tertiary/aromatic N) is 2. The molecule has 2 saturated heterocycles. The summed E-state index contributed by atoms with van der Waals surface area (Å²) in [6.07, 6.45) is 2.39. The van der Waals surface area contributed by atoms with Gasteiger partial charge in [0.25, 0.3) is 0 Å². The van der Waals surface area contributed by atoms with Gasteiger partial charge >= 0.3 is 0 Å². The van der Waals surface area contributed by atoms with Gasteiger partial charge in [-0.2, -0.15) is 0 Å². The molecule has 39 heavy (non-hydrogen) atoms. The third kappa shape index (κ3) is 8.52. The van der Waals surface area contributed by atoms with Crippen molar-refractivity contribution in [1.29, 1.82) is 0 Å². The maximum atomic E-state index is 12.9. The molecule has 0 unspecified atom stereocenters. The van der Waals surface area contributed by atoms with Crippen LogP contribution < -0.4 is 4.74 Å². The molecule has 216 valence electrons. The number of hydrogen-bond acceptors (Lipinski definition) is 7. The number of benzene rings is 2. The highest BCUT2D eigenvalue weighted by atomic mass is 32.2. The van der Waals surface area contributed by atoms with Crippen LogP contribution in [0.4, 0.5) is 0 Å². The van der Waals surface area contributed by atoms with E-state index in [1.807, 2.05) is 0 Å². The van der Waals surface area contributed by atoms with Gasteiger partial charge in [-0.25, -0.2) is 16.8 Å². The van der Waals surface area contributed by atoms with Gasteiger partial charge in [-0.3, -0.25) is 0 Å². The van der Waals surface area contributed by atoms with Crippen LogP contribution >= 0.6 is 0 Å². The van der Waals surface area contributed by atoms with E-state index in [1.165, 1.54) is 12.8 Å². The fourth-order valence-corrected chi connectivity index (χ4v) is 8.82. The lowest BCUT2D eigenvalue weighted by molar-refractivity contribution is 0.148. The molecule has 0 saturated carbocycles. The van der Waals surface area contributed by atoms with Crippen molar-refractivity contribution in [2.24, 2.45) is 23.7 Å². The van der Waals surface area contributed by atoms with Crippen molar-refractivity contribution in [2.45, 2.75) is 50.3 Å². The van der Waals surface area contributed by atoms with E-state index in [9.17, 15) is 16.8 Å². The number of hydrogen-bond donors (Lipinski definition) is 0. The van der Waals surface area contributed by atoms with E-state index in [0.29, 0.717) is 48.3 Å². The maximum absolute atomic E-state index is 12.9. The molecule has 0 spiro atoms. The molecule has 4 rings (SSSR count). The SMILES string of the molecule is C[C@@H]1C[C@H](C)CN(CCS(=O)(=O)c2ccc(Oc3ccc(S(=O)(=O)CCN4C[C@H](C)C[C@H](C)C4)cc3)cc2)C1. The Bertz CT molecular complexity index is 1170. The monoisotopic (exact) mass is 576 g/mol. The largest absolute Gasteiger partial charge is 0.457 e. The second kappa shape index (κ2) is 12.7. The van der Waals surface area contributed by atoms with Gasteiger partial charge in [0.1, 0.15) is 11.5 Å². The molecular weight excluding hydrogens is 532 g/mol. The summed E-state index contributed by atoms with van der Waals surface area (Å²) in [6, 6.07) is 12.9. The summed E-state index contributed by atoms with van der Waals surface area (Å²) in [4.78, 5) is 5.08. The van der Waals surface area contributed by atoms with E-state index < -0.39 is 19.7 Å². The van der Waals surface area contributed by atoms with Crippen LogP contribution in [-0.2, 0) is 19.7 Å². The molecule has 2 heterocycles. The molecule has 2 aromatic rings. The zero-order chi connectivity index (χ0) is 28.2. The highest BCUT2D eigenvalue weighted by Crippen LogP contribution is 2.26. The minimum Gasteiger partial charge on any atom is -0.457 e. The van der Waals surface area contributed by atoms with Crippen molar-refractivity contribution in [3.05, 3.63) is 48.5 Å². The fourth-order valence-electron chi connectivity index (χ4n) is 6.25. The van der Waals surface area contributed by atoms with Gasteiger partial charge in [0, 0.05) is 39.3 Å². The first-order valence-corrected chi connectivity index (χ1v) is 17.5. The van der Waals surface area contributed by atoms with Crippen LogP contribution in [0.2, 0.25) is 0 Å². The van der Waals surface area contributed by atoms with Gasteiger partial charge in [-0.15, -0.1) is 0 Å². The molecule has 2 aliphatic heterocycles. The predicted molar refractivity (Wildman–Crippen MR) is 156 cm³/mol. The summed E-state index contributed by atoms with van der Waals surface area (Å²) in [5.41, 5.74) is 0. The van der Waals surface area contributed by atoms with Crippen molar-refractivity contribution in [2.75, 3.05) is 50.8 Å². The van der Waals surface area contributed by atoms with Crippen molar-refractivity contribution in [1.82, 2.24) is 9.80 Å². The molecule has 4 atom stereocenters. The van der Waals surface area contributed by atoms with E-state index in [-0.39, 0.29) is 21.3 Å². The number of likely N-dealkylation sites (tertiary alicyclic amines) is 2. The lowest BCUT2D eigenvalue weighted by Crippen LogP contribution is -2.41. The van der Waals surface area contributed by atoms with Crippen LogP contribution in [0, 0.1) is 23.7 Å². The standard InChI is InChI=1S/C30H44N2O5S2/c1-23-17-24(2)20-31(19-23)13-15-38(33,34)29-9-5-27(6-10-29)37-28-7-11-30(12-8-28)39(35,36)16-14-32-21-25(3)18-26(4)22-32/h5-12,23-26H,13-22H2,1-4H3/t23-,24+,25-,26+. The minimum atomic E-state index is -3.39. The number of rotatable bonds is 10. The highest BCUT2D eigenvalue weighted by Gasteiger charge is 2.25. The average Bonchev–Trinajstić information content (AvgIpc) is 2.86. The van der Waals surface area contributed by atoms with Gasteiger partial charge in [-0.1, -0.05) is 27.7 Å². The Balaban J connectivity index is 1.30. The lowest BCUT2D eigenvalue weighted by atomic mass is 9.92. The fraction of sp³-hybridized carbons (Fsp3) is 0.600. The molecule has 0 N–H and O–H groups in total. The van der Waals surface area contributed by atoms with E-state index in [1.54, 1.807) is 48.5 Å². The first kappa shape index (κ1) is 30.0. The lowest BCUT2D eigenvalue weighted by Gasteiger charge is -2.34. The summed E-state index contributed by atoms with van der Waals surface area (Å²) in [5.74, 6) is 3.55. The van der Waals surface area contributed by atoms with Crippen LogP contribution in [0.1, 0.15) is 40.5 Å². The molecule has 0 bridgehead atoms. The summed E-state index contributed by atoms with van der Waals surface area (Å²) in [5, 5.41) is 0. The molecule has 2 aromatic carbocycles. The van der Waals surface area contributed by atoms with Crippen LogP contribution in [-0.4, -0.2) is 77.4 Å². The van der Waals surface area contributed by atoms with Crippen molar-refractivity contribution in [3.63, 3.8) is 0 Å². The van der Waals surface area contributed by atoms with Crippen LogP contribution in [0.3, 0.4) is 0 Å². The first-order valence-electron chi connectivity index (χ1n) is 14.2. The Kier molecular flexibility index (Phi) is 9.78. The molecule has 0 radical (unpaired) electrons. The van der Waals surface area contributed by atoms with Crippen molar-refractivity contribution in [3.8, 4) is 11.5 Å². The average molecular weight is 577 g/mol. The zero-order valence-corrected chi connectivity index (χ0v) is 25.4. The Hall–Kier alpha value is -1.94. The quantitative estimate of drug-likeness (QED) is 0.394. The van der Waals surface area contributed by atoms with Gasteiger partial charge < -0.3 is 14.5 Å². The molecule has 2 fully saturated rings. The first-order chi connectivity index (χ1) is 18.4. The molecule has 0 aromatic heterocycles. The highest BCUT2D eigenvalue weighted by molar-refractivity contribution is 7.91. The Morgan fingerprint density at radius 3 is 1.21 bits per heavy atom. The van der Waals surface area contributed by atoms with E-state index >= 15 is 0 Å². The Labute approximate surface area is 235 Å². The van der Waals surface area contributed by atoms with E-state index in [2.05, 4.69) is 37.5 Å². The van der Waals surface area contributed by atoms with E-state index in [0.717, 1.165) is 26.2 Å². The van der Waals surface area contributed by atoms with Crippen LogP contribution in [0.5, 0.6) is 11.5 Å². The van der Waals surface area contributed by atoms with Crippen LogP contribution in [0.25, 0.3) is 0 Å².